The summed E-state index contributed by atoms with van der Waals surface area (Å²) in [4.78, 5) is 11.6. The maximum Gasteiger partial charge on any atom is 0.236 e. The number of carbonyl (C=O) groups excluding carboxylic acids is 1. The van der Waals surface area contributed by atoms with Crippen LogP contribution in [0.1, 0.15) is 18.1 Å². The number of carbonyl (C=O) groups is 1. The van der Waals surface area contributed by atoms with Gasteiger partial charge in [-0.05, 0) is 18.1 Å². The number of nitrogens with two attached hydrogens (primary N) is 1. The van der Waals surface area contributed by atoms with Crippen LogP contribution in [0.15, 0.2) is 24.3 Å². The second-order valence-corrected chi connectivity index (χ2v) is 7.51. The normalized spacial score (nSPS) is 16.9. The van der Waals surface area contributed by atoms with E-state index in [1.165, 1.54) is 4.31 Å². The van der Waals surface area contributed by atoms with Crippen LogP contribution >= 0.6 is 12.4 Å². The smallest absolute Gasteiger partial charge is 0.236 e. The molecule has 1 saturated heterocycles. The van der Waals surface area contributed by atoms with Gasteiger partial charge in [0.1, 0.15) is 0 Å². The van der Waals surface area contributed by atoms with E-state index in [4.69, 9.17) is 10.5 Å². The van der Waals surface area contributed by atoms with Crippen LogP contribution in [0.3, 0.4) is 0 Å². The van der Waals surface area contributed by atoms with Gasteiger partial charge in [-0.1, -0.05) is 24.3 Å². The lowest BCUT2D eigenvalue weighted by Crippen LogP contribution is -2.41. The van der Waals surface area contributed by atoms with Crippen LogP contribution in [-0.2, 0) is 31.9 Å². The van der Waals surface area contributed by atoms with Crippen LogP contribution in [0.5, 0.6) is 0 Å². The number of ether oxygens (including phenoxy) is 1. The van der Waals surface area contributed by atoms with Gasteiger partial charge in [0, 0.05) is 19.6 Å². The highest BCUT2D eigenvalue weighted by Gasteiger charge is 2.25. The van der Waals surface area contributed by atoms with Crippen LogP contribution < -0.4 is 11.1 Å². The Kier molecular flexibility index (Phi) is 8.11. The Morgan fingerprint density at radius 1 is 1.29 bits per heavy atom. The van der Waals surface area contributed by atoms with Crippen molar-refractivity contribution in [2.45, 2.75) is 25.3 Å². The Bertz CT molecular complexity index is 646. The molecule has 0 spiro atoms. The van der Waals surface area contributed by atoms with E-state index in [0.29, 0.717) is 31.9 Å². The van der Waals surface area contributed by atoms with Gasteiger partial charge in [-0.2, -0.15) is 4.31 Å². The van der Waals surface area contributed by atoms with Crippen molar-refractivity contribution >= 4 is 28.3 Å². The van der Waals surface area contributed by atoms with Gasteiger partial charge >= 0.3 is 0 Å². The molecule has 2 rings (SSSR count). The van der Waals surface area contributed by atoms with Crippen LogP contribution in [0.4, 0.5) is 0 Å². The highest BCUT2D eigenvalue weighted by Crippen LogP contribution is 2.16. The van der Waals surface area contributed by atoms with Crippen molar-refractivity contribution in [2.75, 3.05) is 26.3 Å². The molecule has 0 bridgehead atoms. The molecular weight excluding hydrogens is 354 g/mol. The summed E-state index contributed by atoms with van der Waals surface area (Å²) in [6.45, 7) is 3.47. The van der Waals surface area contributed by atoms with Crippen molar-refractivity contribution in [3.05, 3.63) is 35.4 Å². The average molecular weight is 378 g/mol. The van der Waals surface area contributed by atoms with Crippen LogP contribution in [0, 0.1) is 0 Å². The summed E-state index contributed by atoms with van der Waals surface area (Å²) in [6, 6.07) is 6.59. The highest BCUT2D eigenvalue weighted by atomic mass is 35.5. The van der Waals surface area contributed by atoms with Gasteiger partial charge in [0.2, 0.25) is 15.9 Å². The van der Waals surface area contributed by atoms with Crippen molar-refractivity contribution in [3.63, 3.8) is 0 Å². The van der Waals surface area contributed by atoms with Crippen LogP contribution in [-0.4, -0.2) is 51.0 Å². The zero-order valence-electron chi connectivity index (χ0n) is 13.6. The molecule has 1 atom stereocenters. The third kappa shape index (κ3) is 5.71. The predicted molar refractivity (Wildman–Crippen MR) is 94.2 cm³/mol. The summed E-state index contributed by atoms with van der Waals surface area (Å²) in [5.74, 6) is -0.354. The topological polar surface area (TPSA) is 102 Å². The lowest BCUT2D eigenvalue weighted by molar-refractivity contribution is -0.122. The molecule has 0 saturated carbocycles. The molecule has 1 heterocycles. The van der Waals surface area contributed by atoms with E-state index in [-0.39, 0.29) is 30.6 Å². The van der Waals surface area contributed by atoms with E-state index in [1.54, 1.807) is 19.1 Å². The number of nitrogens with zero attached hydrogens (tertiary/aromatic N) is 1. The first-order valence-electron chi connectivity index (χ1n) is 7.56. The minimum Gasteiger partial charge on any atom is -0.379 e. The van der Waals surface area contributed by atoms with Gasteiger partial charge in [-0.15, -0.1) is 12.4 Å². The van der Waals surface area contributed by atoms with E-state index in [1.807, 2.05) is 12.1 Å². The van der Waals surface area contributed by atoms with Crippen molar-refractivity contribution in [2.24, 2.45) is 5.73 Å². The second kappa shape index (κ2) is 9.33. The van der Waals surface area contributed by atoms with E-state index < -0.39 is 16.1 Å². The van der Waals surface area contributed by atoms with Crippen molar-refractivity contribution < 1.29 is 17.9 Å². The molecule has 0 unspecified atom stereocenters. The molecule has 1 aliphatic heterocycles. The van der Waals surface area contributed by atoms with Crippen molar-refractivity contribution in [3.8, 4) is 0 Å². The Balaban J connectivity index is 0.00000288. The molecule has 136 valence electrons. The zero-order chi connectivity index (χ0) is 16.9. The standard InChI is InChI=1S/C15H23N3O4S.ClH/c1-12(16)15(19)17-10-13-4-2-3-5-14(13)11-23(20,21)18-6-8-22-9-7-18;/h2-5,12H,6-11,16H2,1H3,(H,17,19);1H/t12-;/m0./s1. The number of benzene rings is 1. The number of morpholine rings is 1. The Morgan fingerprint density at radius 2 is 1.88 bits per heavy atom. The lowest BCUT2D eigenvalue weighted by Gasteiger charge is -2.26. The summed E-state index contributed by atoms with van der Waals surface area (Å²) < 4.78 is 31.7. The Labute approximate surface area is 149 Å². The van der Waals surface area contributed by atoms with Gasteiger partial charge in [-0.25, -0.2) is 8.42 Å². The molecule has 0 aromatic heterocycles. The number of rotatable bonds is 6. The van der Waals surface area contributed by atoms with Gasteiger partial charge in [0.05, 0.1) is 25.0 Å². The molecule has 0 aliphatic carbocycles. The number of nitrogens with one attached hydrogen (secondary N) is 1. The monoisotopic (exact) mass is 377 g/mol. The Morgan fingerprint density at radius 3 is 2.46 bits per heavy atom. The summed E-state index contributed by atoms with van der Waals surface area (Å²) in [7, 11) is -3.40. The van der Waals surface area contributed by atoms with E-state index in [2.05, 4.69) is 5.32 Å². The molecular formula is C15H24ClN3O4S. The fourth-order valence-corrected chi connectivity index (χ4v) is 3.89. The minimum absolute atomic E-state index is 0. The third-order valence-corrected chi connectivity index (χ3v) is 5.51. The number of sulfonamides is 1. The van der Waals surface area contributed by atoms with E-state index in [9.17, 15) is 13.2 Å². The highest BCUT2D eigenvalue weighted by molar-refractivity contribution is 7.88. The number of hydrogen-bond donors (Lipinski definition) is 2. The Hall–Kier alpha value is -1.19. The predicted octanol–water partition coefficient (Wildman–Crippen LogP) is 0.234. The maximum atomic E-state index is 12.5. The number of hydrogen-bond acceptors (Lipinski definition) is 5. The molecule has 1 fully saturated rings. The molecule has 3 N–H and O–H groups in total. The number of amides is 1. The van der Waals surface area contributed by atoms with Crippen molar-refractivity contribution in [1.82, 2.24) is 9.62 Å². The molecule has 1 aliphatic rings. The van der Waals surface area contributed by atoms with Gasteiger partial charge in [-0.3, -0.25) is 4.79 Å². The summed E-state index contributed by atoms with van der Waals surface area (Å²) in [6.07, 6.45) is 0. The van der Waals surface area contributed by atoms with Crippen LogP contribution in [0.2, 0.25) is 0 Å². The molecule has 7 nitrogen and oxygen atoms in total. The zero-order valence-corrected chi connectivity index (χ0v) is 15.2. The quantitative estimate of drug-likeness (QED) is 0.739. The summed E-state index contributed by atoms with van der Waals surface area (Å²) in [5, 5.41) is 2.71. The van der Waals surface area contributed by atoms with Gasteiger partial charge < -0.3 is 15.8 Å². The van der Waals surface area contributed by atoms with Gasteiger partial charge in [0.15, 0.2) is 0 Å². The summed E-state index contributed by atoms with van der Waals surface area (Å²) in [5.41, 5.74) is 6.97. The molecule has 1 amide bonds. The lowest BCUT2D eigenvalue weighted by atomic mass is 10.1. The summed E-state index contributed by atoms with van der Waals surface area (Å²) >= 11 is 0. The van der Waals surface area contributed by atoms with E-state index >= 15 is 0 Å². The first kappa shape index (κ1) is 20.9. The van der Waals surface area contributed by atoms with Crippen molar-refractivity contribution in [1.29, 1.82) is 0 Å². The number of halogens is 1. The van der Waals surface area contributed by atoms with E-state index in [0.717, 1.165) is 5.56 Å². The van der Waals surface area contributed by atoms with Crippen LogP contribution in [0.25, 0.3) is 0 Å². The molecule has 9 heteroatoms. The largest absolute Gasteiger partial charge is 0.379 e. The molecule has 1 aromatic rings. The first-order valence-corrected chi connectivity index (χ1v) is 9.17. The maximum absolute atomic E-state index is 12.5. The SMILES string of the molecule is C[C@H](N)C(=O)NCc1ccccc1CS(=O)(=O)N1CCOCC1.Cl. The molecule has 24 heavy (non-hydrogen) atoms. The minimum atomic E-state index is -3.40. The fourth-order valence-electron chi connectivity index (χ4n) is 2.33. The molecule has 0 radical (unpaired) electrons. The molecule has 1 aromatic carbocycles. The fraction of sp³-hybridized carbons (Fsp3) is 0.533. The third-order valence-electron chi connectivity index (χ3n) is 3.69. The second-order valence-electron chi connectivity index (χ2n) is 5.54. The first-order chi connectivity index (χ1) is 10.9. The average Bonchev–Trinajstić information content (AvgIpc) is 2.54. The van der Waals surface area contributed by atoms with Gasteiger partial charge in [0.25, 0.3) is 0 Å².